The number of azo groups is 1. The van der Waals surface area contributed by atoms with Crippen LogP contribution < -0.4 is 0 Å². The monoisotopic (exact) mass is 377 g/mol. The molecule has 3 aromatic rings. The maximum atomic E-state index is 11.2. The number of aromatic nitrogens is 2. The number of fused-ring (bicyclic) bond motifs is 1. The summed E-state index contributed by atoms with van der Waals surface area (Å²) in [6.07, 6.45) is 7.06. The number of aromatic hydroxyl groups is 1. The van der Waals surface area contributed by atoms with E-state index in [1.54, 1.807) is 6.20 Å². The smallest absolute Gasteiger partial charge is 0.261 e. The van der Waals surface area contributed by atoms with Crippen molar-refractivity contribution in [3.63, 3.8) is 0 Å². The Kier molecular flexibility index (Phi) is 5.16. The zero-order valence-electron chi connectivity index (χ0n) is 15.8. The molecule has 0 unspecified atom stereocenters. The van der Waals surface area contributed by atoms with E-state index < -0.39 is 5.91 Å². The van der Waals surface area contributed by atoms with Crippen molar-refractivity contribution < 1.29 is 9.90 Å². The Labute approximate surface area is 163 Å². The van der Waals surface area contributed by atoms with Crippen molar-refractivity contribution in [3.05, 3.63) is 54.4 Å². The Bertz CT molecular complexity index is 1010. The van der Waals surface area contributed by atoms with E-state index in [0.29, 0.717) is 12.4 Å². The predicted octanol–water partition coefficient (Wildman–Crippen LogP) is 4.56. The molecule has 7 heteroatoms. The van der Waals surface area contributed by atoms with E-state index in [1.165, 1.54) is 18.9 Å². The highest BCUT2D eigenvalue weighted by molar-refractivity contribution is 5.95. The number of carbonyl (C=O) groups excluding carboxylic acids is 1. The van der Waals surface area contributed by atoms with Gasteiger partial charge >= 0.3 is 0 Å². The topological polar surface area (TPSA) is 83.1 Å². The third-order valence-corrected chi connectivity index (χ3v) is 5.21. The van der Waals surface area contributed by atoms with Crippen molar-refractivity contribution in [2.24, 2.45) is 10.2 Å². The van der Waals surface area contributed by atoms with Gasteiger partial charge in [-0.1, -0.05) is 30.7 Å². The second kappa shape index (κ2) is 7.90. The fourth-order valence-corrected chi connectivity index (χ4v) is 3.93. The molecule has 1 aliphatic heterocycles. The largest absolute Gasteiger partial charge is 0.493 e. The molecule has 0 radical (unpaired) electrons. The number of pyridine rings is 1. The van der Waals surface area contributed by atoms with E-state index >= 15 is 0 Å². The molecule has 144 valence electrons. The zero-order valence-corrected chi connectivity index (χ0v) is 15.8. The summed E-state index contributed by atoms with van der Waals surface area (Å²) >= 11 is 0. The highest BCUT2D eigenvalue weighted by Crippen LogP contribution is 2.40. The van der Waals surface area contributed by atoms with Gasteiger partial charge in [0.05, 0.1) is 12.2 Å². The summed E-state index contributed by atoms with van der Waals surface area (Å²) in [7, 11) is 0. The molecule has 2 aromatic heterocycles. The van der Waals surface area contributed by atoms with Crippen LogP contribution >= 0.6 is 0 Å². The van der Waals surface area contributed by atoms with Gasteiger partial charge in [-0.05, 0) is 30.5 Å². The second-order valence-corrected chi connectivity index (χ2v) is 7.09. The minimum absolute atomic E-state index is 0.0294. The first-order chi connectivity index (χ1) is 13.6. The number of hydrogen-bond acceptors (Lipinski definition) is 5. The van der Waals surface area contributed by atoms with E-state index in [-0.39, 0.29) is 11.9 Å². The standard InChI is InChI=1S/C21H23N5O2/c1-15(27)23-24-20-17-8-2-3-10-19(17)26(21(20)28)14-25-12-5-4-9-18(25)16-7-6-11-22-13-16/h2-3,6-8,10-11,13,18,28H,4-5,9,12,14H2,1H3/t18-/m0/s1. The van der Waals surface area contributed by atoms with Gasteiger partial charge in [-0.15, -0.1) is 10.2 Å². The zero-order chi connectivity index (χ0) is 19.5. The molecule has 1 amide bonds. The van der Waals surface area contributed by atoms with Crippen LogP contribution in [0, 0.1) is 0 Å². The summed E-state index contributed by atoms with van der Waals surface area (Å²) in [5.41, 5.74) is 2.39. The van der Waals surface area contributed by atoms with Gasteiger partial charge in [0.15, 0.2) is 5.69 Å². The van der Waals surface area contributed by atoms with Crippen molar-refractivity contribution in [2.75, 3.05) is 6.54 Å². The van der Waals surface area contributed by atoms with Crippen molar-refractivity contribution >= 4 is 22.5 Å². The number of piperidine rings is 1. The summed E-state index contributed by atoms with van der Waals surface area (Å²) in [5.74, 6) is -0.370. The molecule has 4 rings (SSSR count). The number of carbonyl (C=O) groups is 1. The van der Waals surface area contributed by atoms with E-state index in [2.05, 4.69) is 26.2 Å². The fourth-order valence-electron chi connectivity index (χ4n) is 3.93. The van der Waals surface area contributed by atoms with Crippen LogP contribution in [0.5, 0.6) is 5.88 Å². The van der Waals surface area contributed by atoms with Gasteiger partial charge in [-0.2, -0.15) is 0 Å². The van der Waals surface area contributed by atoms with E-state index in [4.69, 9.17) is 0 Å². The van der Waals surface area contributed by atoms with Crippen LogP contribution in [0.4, 0.5) is 5.69 Å². The maximum absolute atomic E-state index is 11.2. The maximum Gasteiger partial charge on any atom is 0.261 e. The van der Waals surface area contributed by atoms with Crippen LogP contribution in [0.15, 0.2) is 59.0 Å². The Hall–Kier alpha value is -3.06. The Balaban J connectivity index is 1.72. The normalized spacial score (nSPS) is 18.1. The molecule has 0 aliphatic carbocycles. The fraction of sp³-hybridized carbons (Fsp3) is 0.333. The van der Waals surface area contributed by atoms with Crippen molar-refractivity contribution in [1.29, 1.82) is 0 Å². The molecule has 0 spiro atoms. The quantitative estimate of drug-likeness (QED) is 0.676. The Morgan fingerprint density at radius 1 is 1.25 bits per heavy atom. The number of likely N-dealkylation sites (tertiary alicyclic amines) is 1. The highest BCUT2D eigenvalue weighted by atomic mass is 16.3. The Morgan fingerprint density at radius 3 is 2.89 bits per heavy atom. The average Bonchev–Trinajstić information content (AvgIpc) is 2.99. The first-order valence-electron chi connectivity index (χ1n) is 9.51. The average molecular weight is 377 g/mol. The number of amides is 1. The molecule has 3 heterocycles. The lowest BCUT2D eigenvalue weighted by molar-refractivity contribution is -0.116. The first kappa shape index (κ1) is 18.3. The molecular formula is C21H23N5O2. The molecule has 1 aromatic carbocycles. The molecule has 7 nitrogen and oxygen atoms in total. The molecular weight excluding hydrogens is 354 g/mol. The summed E-state index contributed by atoms with van der Waals surface area (Å²) < 4.78 is 1.85. The van der Waals surface area contributed by atoms with Gasteiger partial charge in [0.1, 0.15) is 0 Å². The van der Waals surface area contributed by atoms with Crippen molar-refractivity contribution in [1.82, 2.24) is 14.5 Å². The minimum Gasteiger partial charge on any atom is -0.493 e. The number of nitrogens with zero attached hydrogens (tertiary/aromatic N) is 5. The van der Waals surface area contributed by atoms with Gasteiger partial charge < -0.3 is 5.11 Å². The summed E-state index contributed by atoms with van der Waals surface area (Å²) in [6.45, 7) is 2.81. The molecule has 28 heavy (non-hydrogen) atoms. The first-order valence-corrected chi connectivity index (χ1v) is 9.51. The van der Waals surface area contributed by atoms with Gasteiger partial charge in [0.2, 0.25) is 5.88 Å². The second-order valence-electron chi connectivity index (χ2n) is 7.09. The SMILES string of the molecule is CC(=O)N=Nc1c(O)n(CN2CCCC[C@H]2c2cccnc2)c2ccccc12. The van der Waals surface area contributed by atoms with E-state index in [0.717, 1.165) is 30.3 Å². The highest BCUT2D eigenvalue weighted by Gasteiger charge is 2.26. The van der Waals surface area contributed by atoms with Crippen molar-refractivity contribution in [2.45, 2.75) is 38.9 Å². The minimum atomic E-state index is -0.399. The van der Waals surface area contributed by atoms with E-state index in [1.807, 2.05) is 41.1 Å². The van der Waals surface area contributed by atoms with Crippen LogP contribution in [-0.2, 0) is 11.5 Å². The van der Waals surface area contributed by atoms with Gasteiger partial charge in [-0.25, -0.2) is 0 Å². The number of para-hydroxylation sites is 1. The third-order valence-electron chi connectivity index (χ3n) is 5.21. The van der Waals surface area contributed by atoms with Gasteiger partial charge in [0, 0.05) is 37.3 Å². The van der Waals surface area contributed by atoms with Crippen LogP contribution in [0.3, 0.4) is 0 Å². The Morgan fingerprint density at radius 2 is 2.11 bits per heavy atom. The molecule has 0 bridgehead atoms. The van der Waals surface area contributed by atoms with E-state index in [9.17, 15) is 9.90 Å². The molecule has 0 saturated carbocycles. The lowest BCUT2D eigenvalue weighted by Crippen LogP contribution is -2.34. The summed E-state index contributed by atoms with van der Waals surface area (Å²) in [4.78, 5) is 17.9. The van der Waals surface area contributed by atoms with Gasteiger partial charge in [0.25, 0.3) is 5.91 Å². The molecule has 1 atom stereocenters. The van der Waals surface area contributed by atoms with Crippen LogP contribution in [0.1, 0.15) is 37.8 Å². The number of benzene rings is 1. The lowest BCUT2D eigenvalue weighted by atomic mass is 9.97. The third kappa shape index (κ3) is 3.53. The van der Waals surface area contributed by atoms with Crippen LogP contribution in [-0.4, -0.2) is 32.0 Å². The van der Waals surface area contributed by atoms with Crippen LogP contribution in [0.25, 0.3) is 10.9 Å². The molecule has 1 aliphatic rings. The predicted molar refractivity (Wildman–Crippen MR) is 106 cm³/mol. The summed E-state index contributed by atoms with van der Waals surface area (Å²) in [6, 6.07) is 12.0. The molecule has 1 fully saturated rings. The molecule has 1 saturated heterocycles. The van der Waals surface area contributed by atoms with Crippen molar-refractivity contribution in [3.8, 4) is 5.88 Å². The van der Waals surface area contributed by atoms with Gasteiger partial charge in [-0.3, -0.25) is 19.2 Å². The lowest BCUT2D eigenvalue weighted by Gasteiger charge is -2.36. The number of rotatable bonds is 4. The van der Waals surface area contributed by atoms with Crippen LogP contribution in [0.2, 0.25) is 0 Å². The number of hydrogen-bond donors (Lipinski definition) is 1. The summed E-state index contributed by atoms with van der Waals surface area (Å²) in [5, 5.41) is 19.3. The molecule has 1 N–H and O–H groups in total.